The van der Waals surface area contributed by atoms with E-state index in [0.29, 0.717) is 6.54 Å². The van der Waals surface area contributed by atoms with Gasteiger partial charge in [-0.3, -0.25) is 4.79 Å². The zero-order chi connectivity index (χ0) is 11.8. The molecule has 0 heterocycles. The highest BCUT2D eigenvalue weighted by atomic mass is 16.5. The lowest BCUT2D eigenvalue weighted by atomic mass is 10.3. The van der Waals surface area contributed by atoms with Crippen molar-refractivity contribution in [2.45, 2.75) is 13.3 Å². The Morgan fingerprint density at radius 2 is 1.94 bits per heavy atom. The van der Waals surface area contributed by atoms with E-state index in [0.717, 1.165) is 24.4 Å². The van der Waals surface area contributed by atoms with Gasteiger partial charge in [0.1, 0.15) is 5.75 Å². The second-order valence-corrected chi connectivity index (χ2v) is 3.49. The molecule has 4 heteroatoms. The Hall–Kier alpha value is -1.71. The van der Waals surface area contributed by atoms with Gasteiger partial charge in [0.15, 0.2) is 0 Å². The lowest BCUT2D eigenvalue weighted by Gasteiger charge is -2.07. The molecule has 0 unspecified atom stereocenters. The molecule has 0 aromatic heterocycles. The van der Waals surface area contributed by atoms with Crippen molar-refractivity contribution >= 4 is 11.6 Å². The topological polar surface area (TPSA) is 50.4 Å². The largest absolute Gasteiger partial charge is 0.497 e. The van der Waals surface area contributed by atoms with Crippen LogP contribution in [0.15, 0.2) is 24.3 Å². The predicted octanol–water partition coefficient (Wildman–Crippen LogP) is 1.63. The Morgan fingerprint density at radius 3 is 2.50 bits per heavy atom. The average molecular weight is 222 g/mol. The molecule has 16 heavy (non-hydrogen) atoms. The molecule has 1 amide bonds. The Bertz CT molecular complexity index is 322. The van der Waals surface area contributed by atoms with Gasteiger partial charge in [0.2, 0.25) is 5.91 Å². The van der Waals surface area contributed by atoms with E-state index in [1.807, 2.05) is 24.3 Å². The highest BCUT2D eigenvalue weighted by Crippen LogP contribution is 2.14. The van der Waals surface area contributed by atoms with E-state index >= 15 is 0 Å². The smallest absolute Gasteiger partial charge is 0.216 e. The van der Waals surface area contributed by atoms with Crippen LogP contribution in [0.3, 0.4) is 0 Å². The van der Waals surface area contributed by atoms with Gasteiger partial charge >= 0.3 is 0 Å². The van der Waals surface area contributed by atoms with E-state index < -0.39 is 0 Å². The highest BCUT2D eigenvalue weighted by Gasteiger charge is 1.94. The Labute approximate surface area is 96.0 Å². The van der Waals surface area contributed by atoms with Crippen molar-refractivity contribution in [3.8, 4) is 5.75 Å². The summed E-state index contributed by atoms with van der Waals surface area (Å²) in [5.41, 5.74) is 1.06. The Balaban J connectivity index is 2.19. The number of hydrogen-bond acceptors (Lipinski definition) is 3. The van der Waals surface area contributed by atoms with Crippen LogP contribution in [0.1, 0.15) is 13.3 Å². The van der Waals surface area contributed by atoms with Crippen molar-refractivity contribution in [2.24, 2.45) is 0 Å². The molecule has 0 aliphatic carbocycles. The second kappa shape index (κ2) is 6.71. The normalized spacial score (nSPS) is 9.62. The summed E-state index contributed by atoms with van der Waals surface area (Å²) in [6.07, 6.45) is 0.908. The minimum absolute atomic E-state index is 0.0180. The average Bonchev–Trinajstić information content (AvgIpc) is 2.29. The fourth-order valence-corrected chi connectivity index (χ4v) is 1.29. The maximum atomic E-state index is 10.6. The van der Waals surface area contributed by atoms with Gasteiger partial charge < -0.3 is 15.4 Å². The molecule has 4 nitrogen and oxygen atoms in total. The summed E-state index contributed by atoms with van der Waals surface area (Å²) in [4.78, 5) is 10.6. The molecule has 0 radical (unpaired) electrons. The van der Waals surface area contributed by atoms with Crippen molar-refractivity contribution < 1.29 is 9.53 Å². The third-order valence-corrected chi connectivity index (χ3v) is 2.15. The van der Waals surface area contributed by atoms with Gasteiger partial charge in [-0.05, 0) is 30.7 Å². The SMILES string of the molecule is COc1ccc(NCCCNC(C)=O)cc1. The molecule has 0 atom stereocenters. The van der Waals surface area contributed by atoms with Gasteiger partial charge in [-0.15, -0.1) is 0 Å². The number of anilines is 1. The molecule has 2 N–H and O–H groups in total. The molecule has 0 fully saturated rings. The molecule has 0 aliphatic rings. The van der Waals surface area contributed by atoms with Crippen molar-refractivity contribution in [1.29, 1.82) is 0 Å². The van der Waals surface area contributed by atoms with Gasteiger partial charge in [-0.25, -0.2) is 0 Å². The second-order valence-electron chi connectivity index (χ2n) is 3.49. The Morgan fingerprint density at radius 1 is 1.25 bits per heavy atom. The molecule has 0 saturated carbocycles. The number of hydrogen-bond donors (Lipinski definition) is 2. The van der Waals surface area contributed by atoms with E-state index in [1.165, 1.54) is 6.92 Å². The van der Waals surface area contributed by atoms with Crippen LogP contribution in [-0.4, -0.2) is 26.1 Å². The first-order chi connectivity index (χ1) is 7.72. The number of benzene rings is 1. The van der Waals surface area contributed by atoms with Crippen LogP contribution in [0.25, 0.3) is 0 Å². The van der Waals surface area contributed by atoms with E-state index in [2.05, 4.69) is 10.6 Å². The first kappa shape index (κ1) is 12.4. The third-order valence-electron chi connectivity index (χ3n) is 2.15. The summed E-state index contributed by atoms with van der Waals surface area (Å²) in [6, 6.07) is 7.76. The maximum absolute atomic E-state index is 10.6. The van der Waals surface area contributed by atoms with Crippen LogP contribution in [0.5, 0.6) is 5.75 Å². The molecule has 1 aromatic rings. The van der Waals surface area contributed by atoms with Crippen molar-refractivity contribution in [1.82, 2.24) is 5.32 Å². The van der Waals surface area contributed by atoms with Crippen molar-refractivity contribution in [3.05, 3.63) is 24.3 Å². The van der Waals surface area contributed by atoms with E-state index in [4.69, 9.17) is 4.74 Å². The predicted molar refractivity (Wildman–Crippen MR) is 64.8 cm³/mol. The molecule has 0 aliphatic heterocycles. The summed E-state index contributed by atoms with van der Waals surface area (Å²) in [5.74, 6) is 0.869. The van der Waals surface area contributed by atoms with E-state index in [9.17, 15) is 4.79 Å². The van der Waals surface area contributed by atoms with E-state index in [-0.39, 0.29) is 5.91 Å². The maximum Gasteiger partial charge on any atom is 0.216 e. The number of nitrogens with one attached hydrogen (secondary N) is 2. The van der Waals surface area contributed by atoms with E-state index in [1.54, 1.807) is 7.11 Å². The molecular formula is C12H18N2O2. The first-order valence-corrected chi connectivity index (χ1v) is 5.34. The monoisotopic (exact) mass is 222 g/mol. The summed E-state index contributed by atoms with van der Waals surface area (Å²) in [7, 11) is 1.65. The number of carbonyl (C=O) groups excluding carboxylic acids is 1. The molecule has 1 rings (SSSR count). The number of ether oxygens (including phenoxy) is 1. The van der Waals surface area contributed by atoms with Crippen LogP contribution in [-0.2, 0) is 4.79 Å². The van der Waals surface area contributed by atoms with Gasteiger partial charge in [-0.1, -0.05) is 0 Å². The van der Waals surface area contributed by atoms with Crippen LogP contribution in [0.4, 0.5) is 5.69 Å². The van der Waals surface area contributed by atoms with Crippen LogP contribution >= 0.6 is 0 Å². The lowest BCUT2D eigenvalue weighted by Crippen LogP contribution is -2.22. The van der Waals surface area contributed by atoms with Gasteiger partial charge in [0.05, 0.1) is 7.11 Å². The summed E-state index contributed by atoms with van der Waals surface area (Å²) < 4.78 is 5.06. The fourth-order valence-electron chi connectivity index (χ4n) is 1.29. The molecular weight excluding hydrogens is 204 g/mol. The molecule has 88 valence electrons. The summed E-state index contributed by atoms with van der Waals surface area (Å²) in [5, 5.41) is 6.01. The van der Waals surface area contributed by atoms with Crippen molar-refractivity contribution in [2.75, 3.05) is 25.5 Å². The minimum atomic E-state index is 0.0180. The third kappa shape index (κ3) is 4.68. The zero-order valence-electron chi connectivity index (χ0n) is 9.75. The van der Waals surface area contributed by atoms with Crippen LogP contribution < -0.4 is 15.4 Å². The molecule has 0 bridgehead atoms. The van der Waals surface area contributed by atoms with Gasteiger partial charge in [0.25, 0.3) is 0 Å². The summed E-state index contributed by atoms with van der Waals surface area (Å²) >= 11 is 0. The molecule has 0 saturated heterocycles. The highest BCUT2D eigenvalue weighted by molar-refractivity contribution is 5.72. The van der Waals surface area contributed by atoms with Gasteiger partial charge in [0, 0.05) is 25.7 Å². The minimum Gasteiger partial charge on any atom is -0.497 e. The number of rotatable bonds is 6. The first-order valence-electron chi connectivity index (χ1n) is 5.34. The molecule has 0 spiro atoms. The standard InChI is InChI=1S/C12H18N2O2/c1-10(15)13-8-3-9-14-11-4-6-12(16-2)7-5-11/h4-7,14H,3,8-9H2,1-2H3,(H,13,15). The fraction of sp³-hybridized carbons (Fsp3) is 0.417. The van der Waals surface area contributed by atoms with Gasteiger partial charge in [-0.2, -0.15) is 0 Å². The lowest BCUT2D eigenvalue weighted by molar-refractivity contribution is -0.118. The Kier molecular flexibility index (Phi) is 5.19. The number of carbonyl (C=O) groups is 1. The van der Waals surface area contributed by atoms with Crippen LogP contribution in [0, 0.1) is 0 Å². The summed E-state index contributed by atoms with van der Waals surface area (Å²) in [6.45, 7) is 3.07. The zero-order valence-corrected chi connectivity index (χ0v) is 9.75. The molecule has 1 aromatic carbocycles. The number of methoxy groups -OCH3 is 1. The quantitative estimate of drug-likeness (QED) is 0.719. The van der Waals surface area contributed by atoms with Crippen LogP contribution in [0.2, 0.25) is 0 Å². The number of amides is 1. The van der Waals surface area contributed by atoms with Crippen molar-refractivity contribution in [3.63, 3.8) is 0 Å².